The summed E-state index contributed by atoms with van der Waals surface area (Å²) < 4.78 is 10.6. The number of carbonyl (C=O) groups is 1. The average Bonchev–Trinajstić information content (AvgIpc) is 2.64. The van der Waals surface area contributed by atoms with Crippen molar-refractivity contribution in [2.75, 3.05) is 33.4 Å². The summed E-state index contributed by atoms with van der Waals surface area (Å²) in [5.74, 6) is 0.910. The zero-order valence-electron chi connectivity index (χ0n) is 13.3. The van der Waals surface area contributed by atoms with E-state index < -0.39 is 0 Å². The maximum Gasteiger partial charge on any atom is 0.224 e. The minimum atomic E-state index is -0.187. The second-order valence-corrected chi connectivity index (χ2v) is 5.71. The van der Waals surface area contributed by atoms with Crippen LogP contribution in [0.1, 0.15) is 22.0 Å². The molecular weight excluding hydrogens is 290 g/mol. The number of nitrogens with one attached hydrogen (secondary N) is 1. The standard InChI is InChI=1S/C19H21NO3/c1-22-17-9-7-16(8-10-17)19(21)18(15-5-3-2-4-6-15)20-11-13-23-14-12-20/h2-10,18H,11-14H2,1H3/p+1/t18-/m1/s1. The average molecular weight is 312 g/mol. The molecule has 4 heteroatoms. The van der Waals surface area contributed by atoms with Crippen LogP contribution in [0.25, 0.3) is 0 Å². The molecule has 0 radical (unpaired) electrons. The van der Waals surface area contributed by atoms with Crippen molar-refractivity contribution in [3.8, 4) is 5.75 Å². The van der Waals surface area contributed by atoms with E-state index in [1.807, 2.05) is 54.6 Å². The monoisotopic (exact) mass is 312 g/mol. The van der Waals surface area contributed by atoms with Gasteiger partial charge in [-0.05, 0) is 24.3 Å². The maximum atomic E-state index is 13.1. The Kier molecular flexibility index (Phi) is 5.05. The molecule has 1 aliphatic rings. The molecule has 120 valence electrons. The number of benzene rings is 2. The van der Waals surface area contributed by atoms with Gasteiger partial charge >= 0.3 is 0 Å². The van der Waals surface area contributed by atoms with E-state index in [0.29, 0.717) is 13.2 Å². The molecule has 0 aliphatic carbocycles. The lowest BCUT2D eigenvalue weighted by Gasteiger charge is -2.31. The highest BCUT2D eigenvalue weighted by Crippen LogP contribution is 2.19. The van der Waals surface area contributed by atoms with Gasteiger partial charge in [-0.1, -0.05) is 30.3 Å². The summed E-state index contributed by atoms with van der Waals surface area (Å²) in [5.41, 5.74) is 1.78. The van der Waals surface area contributed by atoms with Crippen LogP contribution in [0, 0.1) is 0 Å². The van der Waals surface area contributed by atoms with Crippen molar-refractivity contribution >= 4 is 5.78 Å². The van der Waals surface area contributed by atoms with Crippen LogP contribution >= 0.6 is 0 Å². The molecule has 2 aromatic rings. The first kappa shape index (κ1) is 15.7. The fourth-order valence-electron chi connectivity index (χ4n) is 3.06. The van der Waals surface area contributed by atoms with Crippen LogP contribution in [0.5, 0.6) is 5.75 Å². The minimum absolute atomic E-state index is 0.149. The molecular formula is C19H22NO3+. The molecule has 23 heavy (non-hydrogen) atoms. The van der Waals surface area contributed by atoms with Gasteiger partial charge < -0.3 is 14.4 Å². The summed E-state index contributed by atoms with van der Waals surface area (Å²) in [6.45, 7) is 3.10. The molecule has 0 saturated carbocycles. The Morgan fingerprint density at radius 1 is 1.04 bits per heavy atom. The maximum absolute atomic E-state index is 13.1. The summed E-state index contributed by atoms with van der Waals surface area (Å²) in [6, 6.07) is 17.2. The zero-order chi connectivity index (χ0) is 16.1. The van der Waals surface area contributed by atoms with E-state index in [0.717, 1.165) is 30.0 Å². The van der Waals surface area contributed by atoms with E-state index in [2.05, 4.69) is 0 Å². The number of methoxy groups -OCH3 is 1. The third-order valence-electron chi connectivity index (χ3n) is 4.31. The highest BCUT2D eigenvalue weighted by Gasteiger charge is 2.33. The number of morpholine rings is 1. The number of carbonyl (C=O) groups excluding carboxylic acids is 1. The van der Waals surface area contributed by atoms with Gasteiger partial charge in [-0.2, -0.15) is 0 Å². The third-order valence-corrected chi connectivity index (χ3v) is 4.31. The quantitative estimate of drug-likeness (QED) is 0.851. The van der Waals surface area contributed by atoms with Crippen molar-refractivity contribution in [1.29, 1.82) is 0 Å². The Morgan fingerprint density at radius 3 is 2.30 bits per heavy atom. The van der Waals surface area contributed by atoms with Crippen LogP contribution in [-0.2, 0) is 4.74 Å². The normalized spacial score (nSPS) is 16.7. The molecule has 1 fully saturated rings. The zero-order valence-corrected chi connectivity index (χ0v) is 13.3. The molecule has 1 heterocycles. The summed E-state index contributed by atoms with van der Waals surface area (Å²) in [7, 11) is 1.63. The fourth-order valence-corrected chi connectivity index (χ4v) is 3.06. The minimum Gasteiger partial charge on any atom is -0.497 e. The number of rotatable bonds is 5. The number of quaternary nitrogens is 1. The predicted molar refractivity (Wildman–Crippen MR) is 88.0 cm³/mol. The largest absolute Gasteiger partial charge is 0.497 e. The van der Waals surface area contributed by atoms with Gasteiger partial charge in [-0.15, -0.1) is 0 Å². The summed E-state index contributed by atoms with van der Waals surface area (Å²) in [5, 5.41) is 0. The van der Waals surface area contributed by atoms with Crippen molar-refractivity contribution in [3.05, 3.63) is 65.7 Å². The lowest BCUT2D eigenvalue weighted by atomic mass is 9.95. The van der Waals surface area contributed by atoms with E-state index in [9.17, 15) is 4.79 Å². The molecule has 1 aliphatic heterocycles. The van der Waals surface area contributed by atoms with Gasteiger partial charge in [0.1, 0.15) is 18.8 Å². The molecule has 1 atom stereocenters. The van der Waals surface area contributed by atoms with Crippen LogP contribution in [-0.4, -0.2) is 39.2 Å². The van der Waals surface area contributed by atoms with Gasteiger partial charge in [0.05, 0.1) is 20.3 Å². The molecule has 0 amide bonds. The Hall–Kier alpha value is -2.17. The van der Waals surface area contributed by atoms with E-state index in [1.165, 1.54) is 4.90 Å². The molecule has 3 rings (SSSR count). The first-order chi connectivity index (χ1) is 11.3. The van der Waals surface area contributed by atoms with Gasteiger partial charge in [0.2, 0.25) is 5.78 Å². The van der Waals surface area contributed by atoms with E-state index >= 15 is 0 Å². The smallest absolute Gasteiger partial charge is 0.224 e. The number of Topliss-reactive ketones (excluding diaryl/α,β-unsaturated/α-hetero) is 1. The first-order valence-corrected chi connectivity index (χ1v) is 7.95. The van der Waals surface area contributed by atoms with Crippen LogP contribution in [0.3, 0.4) is 0 Å². The first-order valence-electron chi connectivity index (χ1n) is 7.95. The Labute approximate surface area is 136 Å². The van der Waals surface area contributed by atoms with Crippen molar-refractivity contribution < 1.29 is 19.2 Å². The number of ether oxygens (including phenoxy) is 2. The number of hydrogen-bond donors (Lipinski definition) is 1. The molecule has 0 spiro atoms. The predicted octanol–water partition coefficient (Wildman–Crippen LogP) is 1.53. The Morgan fingerprint density at radius 2 is 1.70 bits per heavy atom. The summed E-state index contributed by atoms with van der Waals surface area (Å²) in [4.78, 5) is 14.4. The highest BCUT2D eigenvalue weighted by atomic mass is 16.5. The lowest BCUT2D eigenvalue weighted by Crippen LogP contribution is -3.15. The van der Waals surface area contributed by atoms with Crippen LogP contribution in [0.15, 0.2) is 54.6 Å². The highest BCUT2D eigenvalue weighted by molar-refractivity contribution is 5.99. The second-order valence-electron chi connectivity index (χ2n) is 5.71. The summed E-state index contributed by atoms with van der Waals surface area (Å²) in [6.07, 6.45) is 0. The van der Waals surface area contributed by atoms with E-state index in [-0.39, 0.29) is 11.8 Å². The third kappa shape index (κ3) is 3.60. The second kappa shape index (κ2) is 7.40. The Bertz CT molecular complexity index is 633. The van der Waals surface area contributed by atoms with E-state index in [1.54, 1.807) is 7.11 Å². The molecule has 0 aromatic heterocycles. The van der Waals surface area contributed by atoms with Crippen LogP contribution in [0.2, 0.25) is 0 Å². The van der Waals surface area contributed by atoms with Crippen molar-refractivity contribution in [1.82, 2.24) is 0 Å². The van der Waals surface area contributed by atoms with E-state index in [4.69, 9.17) is 9.47 Å². The molecule has 1 N–H and O–H groups in total. The molecule has 2 aromatic carbocycles. The van der Waals surface area contributed by atoms with Crippen LogP contribution in [0.4, 0.5) is 0 Å². The van der Waals surface area contributed by atoms with Crippen molar-refractivity contribution in [2.24, 2.45) is 0 Å². The fraction of sp³-hybridized carbons (Fsp3) is 0.316. The van der Waals surface area contributed by atoms with Crippen molar-refractivity contribution in [3.63, 3.8) is 0 Å². The lowest BCUT2D eigenvalue weighted by molar-refractivity contribution is -0.928. The van der Waals surface area contributed by atoms with Gasteiger partial charge in [0.25, 0.3) is 0 Å². The molecule has 0 bridgehead atoms. The van der Waals surface area contributed by atoms with Crippen LogP contribution < -0.4 is 9.64 Å². The number of hydrogen-bond acceptors (Lipinski definition) is 3. The molecule has 0 unspecified atom stereocenters. The Balaban J connectivity index is 1.91. The van der Waals surface area contributed by atoms with Gasteiger partial charge in [0.15, 0.2) is 6.04 Å². The SMILES string of the molecule is COc1ccc(C(=O)[C@@H](c2ccccc2)[NH+]2CCOCC2)cc1. The molecule has 4 nitrogen and oxygen atoms in total. The van der Waals surface area contributed by atoms with Gasteiger partial charge in [-0.25, -0.2) is 0 Å². The number of ketones is 1. The van der Waals surface area contributed by atoms with Gasteiger partial charge in [0, 0.05) is 11.1 Å². The topological polar surface area (TPSA) is 40.0 Å². The summed E-state index contributed by atoms with van der Waals surface area (Å²) >= 11 is 0. The van der Waals surface area contributed by atoms with Gasteiger partial charge in [-0.3, -0.25) is 4.79 Å². The molecule has 1 saturated heterocycles. The van der Waals surface area contributed by atoms with Crippen molar-refractivity contribution in [2.45, 2.75) is 6.04 Å².